The van der Waals surface area contributed by atoms with Crippen molar-refractivity contribution in [2.45, 2.75) is 6.92 Å². The van der Waals surface area contributed by atoms with Crippen molar-refractivity contribution in [2.75, 3.05) is 12.4 Å². The first-order chi connectivity index (χ1) is 14.4. The number of halogens is 2. The molecule has 4 aromatic rings. The number of nitrogens with one attached hydrogen (secondary N) is 1. The molecule has 8 heteroatoms. The van der Waals surface area contributed by atoms with Gasteiger partial charge < -0.3 is 10.1 Å². The molecule has 2 heterocycles. The third-order valence-corrected chi connectivity index (χ3v) is 7.11. The van der Waals surface area contributed by atoms with Crippen LogP contribution in [-0.4, -0.2) is 19.0 Å². The zero-order valence-corrected chi connectivity index (χ0v) is 18.3. The quantitative estimate of drug-likeness (QED) is 0.342. The highest BCUT2D eigenvalue weighted by Crippen LogP contribution is 2.39. The van der Waals surface area contributed by atoms with Gasteiger partial charge in [-0.05, 0) is 36.2 Å². The standard InChI is InChI=1S/C22H15ClFNO3S2/c1-11-3-8-14-16(9-11)30-19(18(14)23)20(26)25-21-17(22(27)28-2)15(10-29-21)12-4-6-13(24)7-5-12/h3-10H,1-2H3,(H,25,26). The van der Waals surface area contributed by atoms with Crippen molar-refractivity contribution >= 4 is 61.2 Å². The van der Waals surface area contributed by atoms with Crippen molar-refractivity contribution < 1.29 is 18.7 Å². The van der Waals surface area contributed by atoms with Gasteiger partial charge in [-0.3, -0.25) is 4.79 Å². The van der Waals surface area contributed by atoms with Crippen LogP contribution in [0.15, 0.2) is 47.8 Å². The normalized spacial score (nSPS) is 10.9. The molecular formula is C22H15ClFNO3S2. The van der Waals surface area contributed by atoms with E-state index in [1.54, 1.807) is 17.5 Å². The van der Waals surface area contributed by atoms with Crippen LogP contribution in [0.3, 0.4) is 0 Å². The van der Waals surface area contributed by atoms with Gasteiger partial charge in [0.2, 0.25) is 0 Å². The lowest BCUT2D eigenvalue weighted by Crippen LogP contribution is -2.13. The number of ether oxygens (including phenoxy) is 1. The highest BCUT2D eigenvalue weighted by Gasteiger charge is 2.24. The summed E-state index contributed by atoms with van der Waals surface area (Å²) in [5, 5.41) is 6.05. The summed E-state index contributed by atoms with van der Waals surface area (Å²) in [6.07, 6.45) is 0. The monoisotopic (exact) mass is 459 g/mol. The molecule has 0 aliphatic rings. The van der Waals surface area contributed by atoms with Crippen LogP contribution in [-0.2, 0) is 4.74 Å². The van der Waals surface area contributed by atoms with Gasteiger partial charge in [0, 0.05) is 21.0 Å². The molecule has 152 valence electrons. The zero-order valence-electron chi connectivity index (χ0n) is 15.9. The maximum absolute atomic E-state index is 13.3. The molecule has 0 unspecified atom stereocenters. The molecule has 0 saturated carbocycles. The third-order valence-electron chi connectivity index (χ3n) is 4.55. The molecule has 1 amide bonds. The molecule has 4 rings (SSSR count). The molecule has 30 heavy (non-hydrogen) atoms. The van der Waals surface area contributed by atoms with E-state index >= 15 is 0 Å². The van der Waals surface area contributed by atoms with Gasteiger partial charge in [0.15, 0.2) is 0 Å². The summed E-state index contributed by atoms with van der Waals surface area (Å²) in [5.74, 6) is -1.38. The van der Waals surface area contributed by atoms with E-state index in [-0.39, 0.29) is 11.4 Å². The maximum atomic E-state index is 13.3. The van der Waals surface area contributed by atoms with E-state index in [1.165, 1.54) is 41.9 Å². The fourth-order valence-corrected chi connectivity index (χ4v) is 5.54. The number of carbonyl (C=O) groups excluding carboxylic acids is 2. The number of amides is 1. The molecule has 0 spiro atoms. The van der Waals surface area contributed by atoms with Gasteiger partial charge in [0.05, 0.1) is 12.1 Å². The van der Waals surface area contributed by atoms with E-state index in [4.69, 9.17) is 16.3 Å². The lowest BCUT2D eigenvalue weighted by Gasteiger charge is -2.07. The average Bonchev–Trinajstić information content (AvgIpc) is 3.29. The van der Waals surface area contributed by atoms with Crippen LogP contribution in [0.1, 0.15) is 25.6 Å². The number of benzene rings is 2. The minimum absolute atomic E-state index is 0.218. The Morgan fingerprint density at radius 3 is 2.57 bits per heavy atom. The number of methoxy groups -OCH3 is 1. The Labute approximate surface area is 184 Å². The van der Waals surface area contributed by atoms with Crippen LogP contribution < -0.4 is 5.32 Å². The molecule has 2 aromatic carbocycles. The van der Waals surface area contributed by atoms with Crippen molar-refractivity contribution in [1.82, 2.24) is 0 Å². The lowest BCUT2D eigenvalue weighted by molar-refractivity contribution is 0.0603. The van der Waals surface area contributed by atoms with Gasteiger partial charge in [-0.1, -0.05) is 35.9 Å². The van der Waals surface area contributed by atoms with Gasteiger partial charge in [-0.2, -0.15) is 0 Å². The average molecular weight is 460 g/mol. The summed E-state index contributed by atoms with van der Waals surface area (Å²) in [4.78, 5) is 25.8. The van der Waals surface area contributed by atoms with Gasteiger partial charge >= 0.3 is 5.97 Å². The number of anilines is 1. The largest absolute Gasteiger partial charge is 0.465 e. The molecule has 0 bridgehead atoms. The maximum Gasteiger partial charge on any atom is 0.341 e. The second-order valence-corrected chi connectivity index (χ2v) is 8.86. The van der Waals surface area contributed by atoms with E-state index in [2.05, 4.69) is 5.32 Å². The number of carbonyl (C=O) groups is 2. The number of rotatable bonds is 4. The fourth-order valence-electron chi connectivity index (χ4n) is 3.07. The van der Waals surface area contributed by atoms with E-state index < -0.39 is 11.9 Å². The van der Waals surface area contributed by atoms with Crippen LogP contribution in [0.2, 0.25) is 5.02 Å². The van der Waals surface area contributed by atoms with E-state index in [0.717, 1.165) is 15.6 Å². The second-order valence-electron chi connectivity index (χ2n) is 6.55. The van der Waals surface area contributed by atoms with Gasteiger partial charge in [0.25, 0.3) is 5.91 Å². The van der Waals surface area contributed by atoms with Crippen LogP contribution in [0.4, 0.5) is 9.39 Å². The summed E-state index contributed by atoms with van der Waals surface area (Å²) in [5.41, 5.74) is 2.49. The first-order valence-corrected chi connectivity index (χ1v) is 10.9. The zero-order chi connectivity index (χ0) is 21.4. The summed E-state index contributed by atoms with van der Waals surface area (Å²) in [7, 11) is 1.27. The number of hydrogen-bond acceptors (Lipinski definition) is 5. The molecule has 0 aliphatic carbocycles. The topological polar surface area (TPSA) is 55.4 Å². The highest BCUT2D eigenvalue weighted by molar-refractivity contribution is 7.22. The minimum atomic E-state index is -0.594. The van der Waals surface area contributed by atoms with E-state index in [1.807, 2.05) is 25.1 Å². The Morgan fingerprint density at radius 2 is 1.87 bits per heavy atom. The number of hydrogen-bond donors (Lipinski definition) is 1. The summed E-state index contributed by atoms with van der Waals surface area (Å²) < 4.78 is 19.1. The number of aryl methyl sites for hydroxylation is 1. The molecular weight excluding hydrogens is 445 g/mol. The molecule has 1 N–H and O–H groups in total. The Morgan fingerprint density at radius 1 is 1.13 bits per heavy atom. The molecule has 0 saturated heterocycles. The van der Waals surface area contributed by atoms with Crippen LogP contribution >= 0.6 is 34.3 Å². The van der Waals surface area contributed by atoms with E-state index in [0.29, 0.717) is 26.0 Å². The smallest absolute Gasteiger partial charge is 0.341 e. The SMILES string of the molecule is COC(=O)c1c(-c2ccc(F)cc2)csc1NC(=O)c1sc2cc(C)ccc2c1Cl. The Bertz CT molecular complexity index is 1280. The predicted molar refractivity (Wildman–Crippen MR) is 121 cm³/mol. The highest BCUT2D eigenvalue weighted by atomic mass is 35.5. The van der Waals surface area contributed by atoms with Crippen LogP contribution in [0, 0.1) is 12.7 Å². The fraction of sp³-hybridized carbons (Fsp3) is 0.0909. The summed E-state index contributed by atoms with van der Waals surface area (Å²) >= 11 is 8.93. The van der Waals surface area contributed by atoms with Crippen molar-refractivity contribution in [3.8, 4) is 11.1 Å². The van der Waals surface area contributed by atoms with Gasteiger partial charge in [0.1, 0.15) is 21.3 Å². The number of esters is 1. The number of thiophene rings is 2. The molecule has 0 aliphatic heterocycles. The van der Waals surface area contributed by atoms with Crippen molar-refractivity contribution in [2.24, 2.45) is 0 Å². The second kappa shape index (κ2) is 8.18. The first kappa shape index (κ1) is 20.5. The van der Waals surface area contributed by atoms with Crippen molar-refractivity contribution in [3.05, 3.63) is 74.7 Å². The minimum Gasteiger partial charge on any atom is -0.465 e. The number of fused-ring (bicyclic) bond motifs is 1. The van der Waals surface area contributed by atoms with Gasteiger partial charge in [-0.25, -0.2) is 9.18 Å². The molecule has 4 nitrogen and oxygen atoms in total. The van der Waals surface area contributed by atoms with Crippen molar-refractivity contribution in [1.29, 1.82) is 0 Å². The van der Waals surface area contributed by atoms with Crippen LogP contribution in [0.25, 0.3) is 21.2 Å². The van der Waals surface area contributed by atoms with Gasteiger partial charge in [-0.15, -0.1) is 22.7 Å². The Kier molecular flexibility index (Phi) is 5.60. The molecule has 2 aromatic heterocycles. The first-order valence-electron chi connectivity index (χ1n) is 8.84. The van der Waals surface area contributed by atoms with Crippen molar-refractivity contribution in [3.63, 3.8) is 0 Å². The third kappa shape index (κ3) is 3.71. The molecule has 0 radical (unpaired) electrons. The van der Waals surface area contributed by atoms with Crippen LogP contribution in [0.5, 0.6) is 0 Å². The lowest BCUT2D eigenvalue weighted by atomic mass is 10.0. The summed E-state index contributed by atoms with van der Waals surface area (Å²) in [6, 6.07) is 11.6. The Hall–Kier alpha value is -2.74. The predicted octanol–water partition coefficient (Wildman–Crippen LogP) is 6.77. The molecule has 0 atom stereocenters. The summed E-state index contributed by atoms with van der Waals surface area (Å²) in [6.45, 7) is 1.97. The Balaban J connectivity index is 1.72. The molecule has 0 fully saturated rings. The van der Waals surface area contributed by atoms with E-state index in [9.17, 15) is 14.0 Å².